The summed E-state index contributed by atoms with van der Waals surface area (Å²) in [5, 5.41) is 5.59. The van der Waals surface area contributed by atoms with Crippen molar-refractivity contribution < 1.29 is 23.3 Å². The molecule has 0 bridgehead atoms. The van der Waals surface area contributed by atoms with Gasteiger partial charge >= 0.3 is 30.2 Å². The van der Waals surface area contributed by atoms with E-state index in [0.717, 1.165) is 0 Å². The second-order valence-corrected chi connectivity index (χ2v) is 19.5. The van der Waals surface area contributed by atoms with Gasteiger partial charge in [-0.25, -0.2) is 0 Å². The van der Waals surface area contributed by atoms with Crippen LogP contribution >= 0.6 is 24.8 Å². The standard InChI is InChI=1S/2C32H37.2CH3.2ClH.Si.Zr/c2*1-6-7-8-9-10-11-26-20-31-29(27-16-22(2)14-23(3)17-27)12-13-30(32(31)21-26)28-18-24(4)15-25(5)19-28;;;;;;/h2*12-21H,6-11H2,1-5H3;2*1H3;2*1H;;/q4*-1;;;;. The molecule has 0 atom stereocenters. The molecule has 8 aromatic carbocycles. The van der Waals surface area contributed by atoms with Crippen LogP contribution < -0.4 is 0 Å². The molecule has 0 aliphatic rings. The Labute approximate surface area is 455 Å². The van der Waals surface area contributed by atoms with Crippen LogP contribution in [0.1, 0.15) is 134 Å². The summed E-state index contributed by atoms with van der Waals surface area (Å²) in [6, 6.07) is 46.9. The van der Waals surface area contributed by atoms with Crippen LogP contribution in [0.4, 0.5) is 0 Å². The number of halogens is 2. The minimum atomic E-state index is 0. The Morgan fingerprint density at radius 1 is 0.343 bits per heavy atom. The quantitative estimate of drug-likeness (QED) is 0.0514. The van der Waals surface area contributed by atoms with E-state index in [0.29, 0.717) is 0 Å². The van der Waals surface area contributed by atoms with Crippen molar-refractivity contribution in [3.63, 3.8) is 0 Å². The van der Waals surface area contributed by atoms with Crippen molar-refractivity contribution in [3.8, 4) is 44.5 Å². The molecule has 8 aromatic rings. The van der Waals surface area contributed by atoms with Crippen LogP contribution in [0.2, 0.25) is 0 Å². The van der Waals surface area contributed by atoms with Crippen molar-refractivity contribution in [3.05, 3.63) is 192 Å². The van der Waals surface area contributed by atoms with E-state index in [1.165, 1.54) is 222 Å². The van der Waals surface area contributed by atoms with E-state index in [1.54, 1.807) is 0 Å². The zero-order chi connectivity index (χ0) is 47.3. The number of unbranched alkanes of at least 4 members (excludes halogenated alkanes) is 8. The molecular formula is C66H82Cl2SiZr-4. The number of aryl methyl sites for hydroxylation is 10. The van der Waals surface area contributed by atoms with Gasteiger partial charge in [0.2, 0.25) is 0 Å². The molecule has 2 radical (unpaired) electrons. The zero-order valence-corrected chi connectivity index (χ0v) is 49.9. The summed E-state index contributed by atoms with van der Waals surface area (Å²) in [6.45, 7) is 25.2. The van der Waals surface area contributed by atoms with E-state index in [4.69, 9.17) is 0 Å². The van der Waals surface area contributed by atoms with E-state index in [-0.39, 0.29) is 39.7 Å². The topological polar surface area (TPSA) is 0 Å². The Hall–Kier alpha value is -3.78. The summed E-state index contributed by atoms with van der Waals surface area (Å²) in [5.41, 5.74) is 24.4. The molecule has 0 spiro atoms. The van der Waals surface area contributed by atoms with Gasteiger partial charge < -0.3 is 14.9 Å². The van der Waals surface area contributed by atoms with E-state index < -0.39 is 0 Å². The number of rotatable bonds is 16. The fraction of sp³-hybridized carbons (Fsp3) is 0.333. The maximum absolute atomic E-state index is 3.06. The van der Waals surface area contributed by atoms with Gasteiger partial charge in [-0.3, -0.25) is 0 Å². The third-order valence-corrected chi connectivity index (χ3v) is 13.2. The molecule has 0 amide bonds. The number of hydrogen-bond donors (Lipinski definition) is 0. The first-order valence-corrected chi connectivity index (χ1v) is 29.1. The van der Waals surface area contributed by atoms with Crippen LogP contribution in [0.25, 0.3) is 66.1 Å². The Balaban J connectivity index is 0.000000439. The normalized spacial score (nSPS) is 10.5. The summed E-state index contributed by atoms with van der Waals surface area (Å²) in [5.74, 6) is 0. The molecule has 0 unspecified atom stereocenters. The molecular weight excluding hydrogens is 983 g/mol. The number of benzene rings is 6. The Kier molecular flexibility index (Phi) is 27.0. The van der Waals surface area contributed by atoms with E-state index in [1.807, 2.05) is 0 Å². The molecule has 0 saturated heterocycles. The second-order valence-electron chi connectivity index (χ2n) is 19.5. The van der Waals surface area contributed by atoms with Gasteiger partial charge in [0.25, 0.3) is 0 Å². The van der Waals surface area contributed by atoms with Crippen molar-refractivity contribution >= 4 is 53.2 Å². The predicted molar refractivity (Wildman–Crippen MR) is 317 cm³/mol. The molecule has 4 heteroatoms. The van der Waals surface area contributed by atoms with Crippen molar-refractivity contribution in [2.45, 2.75) is 146 Å². The minimum absolute atomic E-state index is 0. The summed E-state index contributed by atoms with van der Waals surface area (Å²) >= 11 is 1.36. The van der Waals surface area contributed by atoms with E-state index in [2.05, 4.69) is 197 Å². The Morgan fingerprint density at radius 2 is 0.586 bits per heavy atom. The van der Waals surface area contributed by atoms with Gasteiger partial charge in [-0.05, 0) is 79.4 Å². The SMILES string of the molecule is CCCCCCCc1cc2c(-c3cc(C)cc(C)c3)ccc(-c3cc(C)cc(C)c3)c2[cH-]1.CCCCCCCc1cc2c(-c3cc(C)cc(C)c3)ccc(-c3cc(C)cc(C)c3)c2[cH-]1.Cl.Cl.[CH3-].[CH3-].[Si]=[Zr]. The average Bonchev–Trinajstić information content (AvgIpc) is 3.90. The monoisotopic (exact) mass is 1060 g/mol. The molecule has 8 rings (SSSR count). The molecule has 0 nitrogen and oxygen atoms in total. The first-order valence-electron chi connectivity index (χ1n) is 24.9. The Bertz CT molecular complexity index is 2420. The van der Waals surface area contributed by atoms with Crippen molar-refractivity contribution in [2.24, 2.45) is 0 Å². The van der Waals surface area contributed by atoms with Gasteiger partial charge in [0, 0.05) is 0 Å². The fourth-order valence-electron chi connectivity index (χ4n) is 10.4. The Morgan fingerprint density at radius 3 is 0.857 bits per heavy atom. The third kappa shape index (κ3) is 16.6. The second kappa shape index (κ2) is 30.3. The third-order valence-electron chi connectivity index (χ3n) is 13.2. The van der Waals surface area contributed by atoms with Crippen molar-refractivity contribution in [1.29, 1.82) is 0 Å². The van der Waals surface area contributed by atoms with Crippen molar-refractivity contribution in [1.82, 2.24) is 0 Å². The predicted octanol–water partition coefficient (Wildman–Crippen LogP) is 20.6. The van der Waals surface area contributed by atoms with E-state index >= 15 is 0 Å². The number of fused-ring (bicyclic) bond motifs is 2. The van der Waals surface area contributed by atoms with Gasteiger partial charge in [0.1, 0.15) is 0 Å². The molecule has 0 fully saturated rings. The van der Waals surface area contributed by atoms with Crippen LogP contribution in [0, 0.1) is 70.2 Å². The van der Waals surface area contributed by atoms with Crippen LogP contribution in [0.15, 0.2) is 121 Å². The van der Waals surface area contributed by atoms with Crippen LogP contribution in [0.3, 0.4) is 0 Å². The summed E-state index contributed by atoms with van der Waals surface area (Å²) < 4.78 is 0. The molecule has 372 valence electrons. The number of hydrogen-bond acceptors (Lipinski definition) is 0. The molecule has 0 aliphatic carbocycles. The molecule has 0 heterocycles. The molecule has 0 aliphatic heterocycles. The maximum atomic E-state index is 3.06. The van der Waals surface area contributed by atoms with Gasteiger partial charge in [-0.1, -0.05) is 253 Å². The average molecular weight is 1070 g/mol. The molecule has 70 heavy (non-hydrogen) atoms. The summed E-state index contributed by atoms with van der Waals surface area (Å²) in [7, 11) is 0. The van der Waals surface area contributed by atoms with Gasteiger partial charge in [0.05, 0.1) is 0 Å². The van der Waals surface area contributed by atoms with Crippen LogP contribution in [0.5, 0.6) is 0 Å². The van der Waals surface area contributed by atoms with Gasteiger partial charge in [0.15, 0.2) is 0 Å². The van der Waals surface area contributed by atoms with Gasteiger partial charge in [-0.2, -0.15) is 12.1 Å². The summed E-state index contributed by atoms with van der Waals surface area (Å²) in [4.78, 5) is 0. The van der Waals surface area contributed by atoms with Crippen LogP contribution in [-0.2, 0) is 36.2 Å². The molecule has 0 saturated carbocycles. The molecule has 0 aromatic heterocycles. The van der Waals surface area contributed by atoms with Crippen LogP contribution in [-0.4, -0.2) is 6.88 Å². The fourth-order valence-corrected chi connectivity index (χ4v) is 10.4. The molecule has 0 N–H and O–H groups in total. The summed E-state index contributed by atoms with van der Waals surface area (Å²) in [6.07, 6.45) is 15.6. The van der Waals surface area contributed by atoms with E-state index in [9.17, 15) is 0 Å². The first-order chi connectivity index (χ1) is 31.9. The first kappa shape index (κ1) is 62.3. The van der Waals surface area contributed by atoms with Crippen molar-refractivity contribution in [2.75, 3.05) is 0 Å². The van der Waals surface area contributed by atoms with Gasteiger partial charge in [-0.15, -0.1) is 69.6 Å². The zero-order valence-electron chi connectivity index (χ0n) is 44.8.